The van der Waals surface area contributed by atoms with Crippen LogP contribution >= 0.6 is 0 Å². The van der Waals surface area contributed by atoms with Crippen LogP contribution in [0.1, 0.15) is 89.9 Å². The predicted molar refractivity (Wildman–Crippen MR) is 192 cm³/mol. The van der Waals surface area contributed by atoms with Gasteiger partial charge in [-0.05, 0) is 112 Å². The third-order valence-corrected chi connectivity index (χ3v) is 10.7. The summed E-state index contributed by atoms with van der Waals surface area (Å²) in [5.74, 6) is 1.01. The second-order valence-electron chi connectivity index (χ2n) is 14.5. The van der Waals surface area contributed by atoms with Crippen LogP contribution < -0.4 is 20.4 Å². The monoisotopic (exact) mass is 630 g/mol. The smallest absolute Gasteiger partial charge is 0.322 e. The van der Waals surface area contributed by atoms with E-state index in [0.717, 1.165) is 87.2 Å². The van der Waals surface area contributed by atoms with Crippen molar-refractivity contribution in [2.24, 2.45) is 11.8 Å². The van der Waals surface area contributed by atoms with Crippen LogP contribution in [0.2, 0.25) is 0 Å². The molecule has 3 fully saturated rings. The Bertz CT molecular complexity index is 1130. The lowest BCUT2D eigenvalue weighted by molar-refractivity contribution is 0.117. The highest BCUT2D eigenvalue weighted by Gasteiger charge is 2.33. The number of urea groups is 2. The van der Waals surface area contributed by atoms with Crippen LogP contribution in [0.3, 0.4) is 0 Å². The van der Waals surface area contributed by atoms with Crippen molar-refractivity contribution in [3.05, 3.63) is 48.5 Å². The van der Waals surface area contributed by atoms with Crippen LogP contribution in [-0.2, 0) is 0 Å². The Kier molecular flexibility index (Phi) is 12.1. The Labute approximate surface area is 277 Å². The molecule has 46 heavy (non-hydrogen) atoms. The Morgan fingerprint density at radius 2 is 0.848 bits per heavy atom. The van der Waals surface area contributed by atoms with Gasteiger partial charge >= 0.3 is 12.1 Å². The average molecular weight is 631 g/mol. The molecule has 0 heterocycles. The van der Waals surface area contributed by atoms with Crippen LogP contribution in [0.4, 0.5) is 32.3 Å². The van der Waals surface area contributed by atoms with Gasteiger partial charge in [0.2, 0.25) is 0 Å². The summed E-state index contributed by atoms with van der Waals surface area (Å²) in [6, 6.07) is 17.0. The highest BCUT2D eigenvalue weighted by atomic mass is 16.2. The van der Waals surface area contributed by atoms with Crippen molar-refractivity contribution in [2.45, 2.75) is 102 Å². The van der Waals surface area contributed by atoms with E-state index in [9.17, 15) is 9.59 Å². The second kappa shape index (κ2) is 16.4. The van der Waals surface area contributed by atoms with Gasteiger partial charge in [-0.3, -0.25) is 0 Å². The summed E-state index contributed by atoms with van der Waals surface area (Å²) in [6.45, 7) is 1.66. The standard InChI is InChI=1S/C38H58N6O2/c1-41(2)33-23-19-31(20-24-33)39-37(45)43(35-11-7-5-8-12-35)27-29-15-17-30(18-16-29)28-44(36-13-9-6-10-14-36)38(46)40-32-21-25-34(26-22-32)42(3)4/h19-26,29-30,35-36H,5-18,27-28H2,1-4H3,(H,39,45)(H,40,46)/t29-,30+. The molecule has 3 aliphatic rings. The lowest BCUT2D eigenvalue weighted by Gasteiger charge is -2.40. The van der Waals surface area contributed by atoms with E-state index in [1.165, 1.54) is 38.5 Å². The van der Waals surface area contributed by atoms with Crippen LogP contribution in [0.15, 0.2) is 48.5 Å². The summed E-state index contributed by atoms with van der Waals surface area (Å²) in [4.78, 5) is 35.9. The van der Waals surface area contributed by atoms with Gasteiger partial charge in [-0.25, -0.2) is 9.59 Å². The summed E-state index contributed by atoms with van der Waals surface area (Å²) >= 11 is 0. The van der Waals surface area contributed by atoms with E-state index in [1.54, 1.807) is 0 Å². The number of nitrogens with one attached hydrogen (secondary N) is 2. The van der Waals surface area contributed by atoms with E-state index < -0.39 is 0 Å². The van der Waals surface area contributed by atoms with E-state index >= 15 is 0 Å². The van der Waals surface area contributed by atoms with Crippen molar-refractivity contribution in [1.82, 2.24) is 9.80 Å². The SMILES string of the molecule is CN(C)c1ccc(NC(=O)N(C[C@H]2CC[C@@H](CN(C(=O)Nc3ccc(N(C)C)cc3)C3CCCCC3)CC2)C2CCCCC2)cc1. The number of hydrogen-bond acceptors (Lipinski definition) is 4. The molecular weight excluding hydrogens is 572 g/mol. The highest BCUT2D eigenvalue weighted by Crippen LogP contribution is 2.34. The maximum Gasteiger partial charge on any atom is 0.322 e. The molecule has 3 saturated carbocycles. The predicted octanol–water partition coefficient (Wildman–Crippen LogP) is 8.66. The Morgan fingerprint density at radius 3 is 1.15 bits per heavy atom. The number of rotatable bonds is 10. The van der Waals surface area contributed by atoms with Gasteiger partial charge in [-0.15, -0.1) is 0 Å². The molecule has 0 saturated heterocycles. The largest absolute Gasteiger partial charge is 0.378 e. The fourth-order valence-electron chi connectivity index (χ4n) is 7.81. The summed E-state index contributed by atoms with van der Waals surface area (Å²) in [7, 11) is 8.11. The minimum Gasteiger partial charge on any atom is -0.378 e. The third kappa shape index (κ3) is 9.32. The van der Waals surface area contributed by atoms with E-state index in [4.69, 9.17) is 0 Å². The first kappa shape index (κ1) is 33.9. The molecule has 3 aliphatic carbocycles. The fraction of sp³-hybridized carbons (Fsp3) is 0.632. The summed E-state index contributed by atoms with van der Waals surface area (Å²) in [5, 5.41) is 6.44. The molecule has 0 bridgehead atoms. The molecule has 0 spiro atoms. The number of amides is 4. The van der Waals surface area contributed by atoms with E-state index in [-0.39, 0.29) is 12.1 Å². The van der Waals surface area contributed by atoms with Crippen molar-refractivity contribution in [3.63, 3.8) is 0 Å². The topological polar surface area (TPSA) is 71.2 Å². The first-order chi connectivity index (χ1) is 22.3. The van der Waals surface area contributed by atoms with E-state index in [2.05, 4.69) is 54.5 Å². The van der Waals surface area contributed by atoms with Gasteiger partial charge in [-0.2, -0.15) is 0 Å². The summed E-state index contributed by atoms with van der Waals surface area (Å²) in [5.41, 5.74) is 3.96. The van der Waals surface area contributed by atoms with Gasteiger partial charge in [-0.1, -0.05) is 38.5 Å². The van der Waals surface area contributed by atoms with Gasteiger partial charge in [0, 0.05) is 76.1 Å². The number of carbonyl (C=O) groups excluding carboxylic acids is 2. The fourth-order valence-corrected chi connectivity index (χ4v) is 7.81. The summed E-state index contributed by atoms with van der Waals surface area (Å²) < 4.78 is 0. The average Bonchev–Trinajstić information content (AvgIpc) is 3.08. The zero-order valence-electron chi connectivity index (χ0n) is 28.8. The maximum atomic E-state index is 13.7. The van der Waals surface area contributed by atoms with Gasteiger partial charge in [0.1, 0.15) is 0 Å². The molecule has 8 heteroatoms. The zero-order chi connectivity index (χ0) is 32.5. The van der Waals surface area contributed by atoms with Crippen molar-refractivity contribution in [2.75, 3.05) is 61.7 Å². The number of anilines is 4. The molecule has 8 nitrogen and oxygen atoms in total. The van der Waals surface area contributed by atoms with Crippen molar-refractivity contribution in [3.8, 4) is 0 Å². The summed E-state index contributed by atoms with van der Waals surface area (Å²) in [6.07, 6.45) is 16.2. The first-order valence-corrected chi connectivity index (χ1v) is 18.0. The molecule has 0 unspecified atom stereocenters. The van der Waals surface area contributed by atoms with Crippen LogP contribution in [0.25, 0.3) is 0 Å². The molecule has 0 atom stereocenters. The van der Waals surface area contributed by atoms with Crippen LogP contribution in [-0.4, -0.2) is 75.2 Å². The van der Waals surface area contributed by atoms with Crippen molar-refractivity contribution >= 4 is 34.8 Å². The van der Waals surface area contributed by atoms with Crippen molar-refractivity contribution < 1.29 is 9.59 Å². The quantitative estimate of drug-likeness (QED) is 0.276. The van der Waals surface area contributed by atoms with Gasteiger partial charge < -0.3 is 30.2 Å². The molecule has 0 radical (unpaired) electrons. The van der Waals surface area contributed by atoms with Gasteiger partial charge in [0.25, 0.3) is 0 Å². The minimum absolute atomic E-state index is 0.0467. The lowest BCUT2D eigenvalue weighted by atomic mass is 9.80. The molecule has 5 rings (SSSR count). The van der Waals surface area contributed by atoms with Gasteiger partial charge in [0.05, 0.1) is 0 Å². The Balaban J connectivity index is 1.18. The third-order valence-electron chi connectivity index (χ3n) is 10.7. The van der Waals surface area contributed by atoms with Crippen molar-refractivity contribution in [1.29, 1.82) is 0 Å². The second-order valence-corrected chi connectivity index (χ2v) is 14.5. The molecule has 2 aromatic carbocycles. The molecule has 0 aromatic heterocycles. The number of hydrogen-bond donors (Lipinski definition) is 2. The maximum absolute atomic E-state index is 13.7. The number of carbonyl (C=O) groups is 2. The van der Waals surface area contributed by atoms with E-state index in [1.807, 2.05) is 52.5 Å². The first-order valence-electron chi connectivity index (χ1n) is 18.0. The zero-order valence-corrected chi connectivity index (χ0v) is 28.8. The van der Waals surface area contributed by atoms with E-state index in [0.29, 0.717) is 23.9 Å². The lowest BCUT2D eigenvalue weighted by Crippen LogP contribution is -2.48. The van der Waals surface area contributed by atoms with Gasteiger partial charge in [0.15, 0.2) is 0 Å². The number of nitrogens with zero attached hydrogens (tertiary/aromatic N) is 4. The molecule has 2 N–H and O–H groups in total. The highest BCUT2D eigenvalue weighted by molar-refractivity contribution is 5.90. The minimum atomic E-state index is 0.0467. The Morgan fingerprint density at radius 1 is 0.522 bits per heavy atom. The molecule has 4 amide bonds. The molecule has 0 aliphatic heterocycles. The van der Waals surface area contributed by atoms with Crippen LogP contribution in [0.5, 0.6) is 0 Å². The Hall–Kier alpha value is -3.42. The molecule has 252 valence electrons. The normalized spacial score (nSPS) is 20.9. The molecular formula is C38H58N6O2. The number of benzene rings is 2. The van der Waals surface area contributed by atoms with Crippen LogP contribution in [0, 0.1) is 11.8 Å². The molecule has 2 aromatic rings.